The molecule has 0 spiro atoms. The van der Waals surface area contributed by atoms with Crippen molar-refractivity contribution in [3.63, 3.8) is 0 Å². The maximum Gasteiger partial charge on any atom is 0.243 e. The number of hydrogen-bond acceptors (Lipinski definition) is 6. The topological polar surface area (TPSA) is 168 Å². The molecule has 1 saturated heterocycles. The third kappa shape index (κ3) is 7.42. The molecule has 1 fully saturated rings. The highest BCUT2D eigenvalue weighted by Crippen LogP contribution is 2.16. The summed E-state index contributed by atoms with van der Waals surface area (Å²) < 4.78 is 0. The van der Waals surface area contributed by atoms with Crippen molar-refractivity contribution in [2.45, 2.75) is 44.7 Å². The Balaban J connectivity index is 2.61. The lowest BCUT2D eigenvalue weighted by atomic mass is 10.1. The summed E-state index contributed by atoms with van der Waals surface area (Å²) in [6.45, 7) is 1.05. The molecule has 0 bridgehead atoms. The van der Waals surface area contributed by atoms with Gasteiger partial charge in [-0.3, -0.25) is 24.0 Å². The van der Waals surface area contributed by atoms with Crippen molar-refractivity contribution in [1.29, 1.82) is 0 Å². The third-order valence-electron chi connectivity index (χ3n) is 4.10. The van der Waals surface area contributed by atoms with E-state index in [4.69, 9.17) is 5.73 Å². The number of primary amides is 1. The second kappa shape index (κ2) is 10.9. The fraction of sp³-hybridized carbons (Fsp3) is 0.625. The van der Waals surface area contributed by atoms with Crippen LogP contribution in [0.1, 0.15) is 32.6 Å². The van der Waals surface area contributed by atoms with Crippen LogP contribution in [0.15, 0.2) is 0 Å². The zero-order valence-corrected chi connectivity index (χ0v) is 15.2. The van der Waals surface area contributed by atoms with Crippen LogP contribution in [0.2, 0.25) is 0 Å². The zero-order chi connectivity index (χ0) is 20.4. The average Bonchev–Trinajstić information content (AvgIpc) is 3.11. The highest BCUT2D eigenvalue weighted by atomic mass is 16.2. The van der Waals surface area contributed by atoms with Crippen LogP contribution in [0.3, 0.4) is 0 Å². The van der Waals surface area contributed by atoms with Gasteiger partial charge in [0.05, 0.1) is 13.1 Å². The normalized spacial score (nSPS) is 16.9. The lowest BCUT2D eigenvalue weighted by Gasteiger charge is -2.23. The van der Waals surface area contributed by atoms with Gasteiger partial charge in [-0.1, -0.05) is 0 Å². The van der Waals surface area contributed by atoms with Crippen molar-refractivity contribution in [3.05, 3.63) is 0 Å². The summed E-state index contributed by atoms with van der Waals surface area (Å²) in [5.74, 6) is -2.46. The number of likely N-dealkylation sites (tertiary alicyclic amines) is 1. The molecule has 0 aliphatic carbocycles. The number of ketones is 1. The Morgan fingerprint density at radius 3 is 2.52 bits per heavy atom. The first kappa shape index (κ1) is 22.1. The standard InChI is InChI=1S/C16H25N5O6/c1-10(23)4-5-11(20-13(24)7-18-9-22)16(27)19-8-14(25)21-6-2-3-12(21)15(17)26/h9,11-12H,2-8H2,1H3,(H2,17,26)(H,18,22)(H,19,27)(H,20,24). The zero-order valence-electron chi connectivity index (χ0n) is 15.2. The minimum absolute atomic E-state index is 0.0514. The largest absolute Gasteiger partial charge is 0.368 e. The summed E-state index contributed by atoms with van der Waals surface area (Å²) >= 11 is 0. The number of nitrogens with two attached hydrogens (primary N) is 1. The van der Waals surface area contributed by atoms with E-state index in [1.165, 1.54) is 11.8 Å². The van der Waals surface area contributed by atoms with Crippen molar-refractivity contribution >= 4 is 35.8 Å². The summed E-state index contributed by atoms with van der Waals surface area (Å²) in [4.78, 5) is 70.3. The van der Waals surface area contributed by atoms with E-state index in [2.05, 4.69) is 16.0 Å². The molecule has 0 aromatic heterocycles. The van der Waals surface area contributed by atoms with Gasteiger partial charge in [0.1, 0.15) is 17.9 Å². The molecule has 1 aliphatic heterocycles. The molecule has 1 heterocycles. The molecular weight excluding hydrogens is 358 g/mol. The Bertz CT molecular complexity index is 608. The molecule has 150 valence electrons. The number of carbonyl (C=O) groups is 6. The SMILES string of the molecule is CC(=O)CCC(NC(=O)CNC=O)C(=O)NCC(=O)N1CCCC1C(N)=O. The Morgan fingerprint density at radius 2 is 1.93 bits per heavy atom. The van der Waals surface area contributed by atoms with Gasteiger partial charge < -0.3 is 31.4 Å². The second-order valence-corrected chi connectivity index (χ2v) is 6.22. The van der Waals surface area contributed by atoms with E-state index < -0.39 is 35.7 Å². The van der Waals surface area contributed by atoms with Crippen LogP contribution in [0.4, 0.5) is 0 Å². The number of nitrogens with one attached hydrogen (secondary N) is 3. The van der Waals surface area contributed by atoms with Crippen LogP contribution in [-0.2, 0) is 28.8 Å². The molecule has 27 heavy (non-hydrogen) atoms. The van der Waals surface area contributed by atoms with E-state index in [0.717, 1.165) is 0 Å². The lowest BCUT2D eigenvalue weighted by Crippen LogP contribution is -2.52. The second-order valence-electron chi connectivity index (χ2n) is 6.22. The Morgan fingerprint density at radius 1 is 1.22 bits per heavy atom. The summed E-state index contributed by atoms with van der Waals surface area (Å²) in [5, 5.41) is 6.97. The lowest BCUT2D eigenvalue weighted by molar-refractivity contribution is -0.138. The molecule has 11 heteroatoms. The van der Waals surface area contributed by atoms with Gasteiger partial charge in [0.25, 0.3) is 0 Å². The van der Waals surface area contributed by atoms with Gasteiger partial charge >= 0.3 is 0 Å². The Labute approximate surface area is 156 Å². The van der Waals surface area contributed by atoms with Crippen LogP contribution in [-0.4, -0.2) is 72.4 Å². The predicted octanol–water partition coefficient (Wildman–Crippen LogP) is -2.82. The molecule has 0 aromatic carbocycles. The number of hydrogen-bond donors (Lipinski definition) is 4. The molecule has 2 atom stereocenters. The molecule has 1 rings (SSSR count). The summed E-state index contributed by atoms with van der Waals surface area (Å²) in [6, 6.07) is -1.72. The van der Waals surface area contributed by atoms with E-state index in [-0.39, 0.29) is 31.7 Å². The molecule has 11 nitrogen and oxygen atoms in total. The summed E-state index contributed by atoms with van der Waals surface area (Å²) in [7, 11) is 0. The van der Waals surface area contributed by atoms with Crippen LogP contribution < -0.4 is 21.7 Å². The van der Waals surface area contributed by atoms with Crippen molar-refractivity contribution in [1.82, 2.24) is 20.9 Å². The minimum Gasteiger partial charge on any atom is -0.368 e. The number of nitrogens with zero attached hydrogens (tertiary/aromatic N) is 1. The molecule has 0 radical (unpaired) electrons. The van der Waals surface area contributed by atoms with Crippen LogP contribution in [0, 0.1) is 0 Å². The quantitative estimate of drug-likeness (QED) is 0.281. The van der Waals surface area contributed by atoms with Crippen LogP contribution in [0.25, 0.3) is 0 Å². The van der Waals surface area contributed by atoms with Gasteiger partial charge in [-0.2, -0.15) is 0 Å². The van der Waals surface area contributed by atoms with E-state index in [0.29, 0.717) is 25.8 Å². The van der Waals surface area contributed by atoms with Gasteiger partial charge in [-0.05, 0) is 26.2 Å². The summed E-state index contributed by atoms with van der Waals surface area (Å²) in [5.41, 5.74) is 5.26. The number of rotatable bonds is 11. The van der Waals surface area contributed by atoms with Crippen molar-refractivity contribution < 1.29 is 28.8 Å². The van der Waals surface area contributed by atoms with Gasteiger partial charge in [-0.25, -0.2) is 0 Å². The maximum absolute atomic E-state index is 12.3. The van der Waals surface area contributed by atoms with Crippen molar-refractivity contribution in [3.8, 4) is 0 Å². The third-order valence-corrected chi connectivity index (χ3v) is 4.10. The molecule has 0 saturated carbocycles. The molecule has 0 aromatic rings. The van der Waals surface area contributed by atoms with Crippen LogP contribution >= 0.6 is 0 Å². The Hall–Kier alpha value is -2.98. The molecule has 2 unspecified atom stereocenters. The fourth-order valence-electron chi connectivity index (χ4n) is 2.74. The average molecular weight is 383 g/mol. The monoisotopic (exact) mass is 383 g/mol. The van der Waals surface area contributed by atoms with E-state index >= 15 is 0 Å². The van der Waals surface area contributed by atoms with Gasteiger partial charge in [-0.15, -0.1) is 0 Å². The molecular formula is C16H25N5O6. The first-order chi connectivity index (χ1) is 12.8. The molecule has 5 N–H and O–H groups in total. The van der Waals surface area contributed by atoms with Crippen LogP contribution in [0.5, 0.6) is 0 Å². The number of carbonyl (C=O) groups excluding carboxylic acids is 6. The first-order valence-corrected chi connectivity index (χ1v) is 8.58. The highest BCUT2D eigenvalue weighted by Gasteiger charge is 2.32. The van der Waals surface area contributed by atoms with E-state index in [1.54, 1.807) is 0 Å². The number of Topliss-reactive ketones (excluding diaryl/α,β-unsaturated/α-hetero) is 1. The van der Waals surface area contributed by atoms with Crippen molar-refractivity contribution in [2.24, 2.45) is 5.73 Å². The molecule has 5 amide bonds. The van der Waals surface area contributed by atoms with Gasteiger partial charge in [0.2, 0.25) is 30.0 Å². The van der Waals surface area contributed by atoms with Gasteiger partial charge in [0, 0.05) is 13.0 Å². The van der Waals surface area contributed by atoms with Crippen molar-refractivity contribution in [2.75, 3.05) is 19.6 Å². The minimum atomic E-state index is -1.03. The first-order valence-electron chi connectivity index (χ1n) is 8.58. The Kier molecular flexibility index (Phi) is 8.90. The fourth-order valence-corrected chi connectivity index (χ4v) is 2.74. The maximum atomic E-state index is 12.3. The van der Waals surface area contributed by atoms with E-state index in [1.807, 2.05) is 0 Å². The summed E-state index contributed by atoms with van der Waals surface area (Å²) in [6.07, 6.45) is 1.58. The molecule has 1 aliphatic rings. The smallest absolute Gasteiger partial charge is 0.243 e. The number of amides is 5. The highest BCUT2D eigenvalue weighted by molar-refractivity contribution is 5.93. The van der Waals surface area contributed by atoms with Gasteiger partial charge in [0.15, 0.2) is 0 Å². The van der Waals surface area contributed by atoms with E-state index in [9.17, 15) is 28.8 Å². The predicted molar refractivity (Wildman–Crippen MR) is 92.9 cm³/mol.